The molecular weight excluding hydrogens is 212 g/mol. The fraction of sp³-hybridized carbons (Fsp3) is 0.571. The molecule has 1 aromatic rings. The Balaban J connectivity index is 2.98. The van der Waals surface area contributed by atoms with Gasteiger partial charge in [-0.2, -0.15) is 0 Å². The number of hydrogen-bond donors (Lipinski definition) is 2. The first kappa shape index (κ1) is 14.2. The third-order valence-electron chi connectivity index (χ3n) is 3.02. The lowest BCUT2D eigenvalue weighted by Crippen LogP contribution is -2.44. The molecule has 3 nitrogen and oxygen atoms in total. The van der Waals surface area contributed by atoms with E-state index < -0.39 is 0 Å². The van der Waals surface area contributed by atoms with E-state index in [1.54, 1.807) is 0 Å². The van der Waals surface area contributed by atoms with Gasteiger partial charge in [-0.15, -0.1) is 0 Å². The van der Waals surface area contributed by atoms with Crippen molar-refractivity contribution in [3.05, 3.63) is 35.9 Å². The van der Waals surface area contributed by atoms with Crippen LogP contribution in [0, 0.1) is 0 Å². The minimum atomic E-state index is 0.0337. The Morgan fingerprint density at radius 1 is 1.18 bits per heavy atom. The van der Waals surface area contributed by atoms with E-state index in [0.29, 0.717) is 12.6 Å². The van der Waals surface area contributed by atoms with Crippen molar-refractivity contribution >= 4 is 0 Å². The maximum Gasteiger partial charge on any atom is 0.0558 e. The zero-order valence-corrected chi connectivity index (χ0v) is 11.0. The van der Waals surface area contributed by atoms with Crippen LogP contribution in [0.3, 0.4) is 0 Å². The van der Waals surface area contributed by atoms with Crippen LogP contribution < -0.4 is 5.73 Å². The molecule has 0 spiro atoms. The average molecular weight is 236 g/mol. The highest BCUT2D eigenvalue weighted by Gasteiger charge is 2.25. The maximum absolute atomic E-state index is 9.18. The second-order valence-electron chi connectivity index (χ2n) is 4.77. The quantitative estimate of drug-likeness (QED) is 0.791. The van der Waals surface area contributed by atoms with Crippen LogP contribution >= 0.6 is 0 Å². The Bertz CT molecular complexity index is 311. The van der Waals surface area contributed by atoms with E-state index in [-0.39, 0.29) is 18.7 Å². The highest BCUT2D eigenvalue weighted by molar-refractivity contribution is 5.20. The monoisotopic (exact) mass is 236 g/mol. The molecule has 3 N–H and O–H groups in total. The summed E-state index contributed by atoms with van der Waals surface area (Å²) in [6, 6.07) is 10.8. The number of benzene rings is 1. The number of hydrogen-bond acceptors (Lipinski definition) is 3. The SMILES string of the molecule is CC(N)C(c1ccccc1)N(CCO)C(C)C. The molecule has 1 aromatic carbocycles. The van der Waals surface area contributed by atoms with Gasteiger partial charge in [0, 0.05) is 24.7 Å². The summed E-state index contributed by atoms with van der Waals surface area (Å²) in [5, 5.41) is 9.18. The van der Waals surface area contributed by atoms with Crippen LogP contribution in [-0.4, -0.2) is 35.2 Å². The highest BCUT2D eigenvalue weighted by atomic mass is 16.3. The zero-order valence-electron chi connectivity index (χ0n) is 11.0. The molecule has 0 bridgehead atoms. The van der Waals surface area contributed by atoms with Crippen LogP contribution in [0.2, 0.25) is 0 Å². The number of nitrogens with two attached hydrogens (primary N) is 1. The van der Waals surface area contributed by atoms with Gasteiger partial charge in [-0.05, 0) is 26.3 Å². The van der Waals surface area contributed by atoms with Gasteiger partial charge in [0.25, 0.3) is 0 Å². The molecule has 2 atom stereocenters. The predicted molar refractivity (Wildman–Crippen MR) is 71.8 cm³/mol. The first-order valence-corrected chi connectivity index (χ1v) is 6.25. The third-order valence-corrected chi connectivity index (χ3v) is 3.02. The van der Waals surface area contributed by atoms with Gasteiger partial charge < -0.3 is 10.8 Å². The van der Waals surface area contributed by atoms with Crippen molar-refractivity contribution in [1.29, 1.82) is 0 Å². The lowest BCUT2D eigenvalue weighted by Gasteiger charge is -2.37. The van der Waals surface area contributed by atoms with Crippen molar-refractivity contribution < 1.29 is 5.11 Å². The van der Waals surface area contributed by atoms with Crippen LogP contribution in [0.5, 0.6) is 0 Å². The molecule has 0 saturated carbocycles. The van der Waals surface area contributed by atoms with Gasteiger partial charge in [0.05, 0.1) is 6.61 Å². The van der Waals surface area contributed by atoms with Crippen LogP contribution in [0.25, 0.3) is 0 Å². The smallest absolute Gasteiger partial charge is 0.0558 e. The normalized spacial score (nSPS) is 15.2. The third kappa shape index (κ3) is 3.80. The van der Waals surface area contributed by atoms with Gasteiger partial charge in [-0.25, -0.2) is 0 Å². The Morgan fingerprint density at radius 3 is 2.18 bits per heavy atom. The Labute approximate surface area is 104 Å². The Hall–Kier alpha value is -0.900. The summed E-state index contributed by atoms with van der Waals surface area (Å²) in [7, 11) is 0. The second-order valence-corrected chi connectivity index (χ2v) is 4.77. The minimum absolute atomic E-state index is 0.0337. The molecule has 1 rings (SSSR count). The van der Waals surface area contributed by atoms with Crippen molar-refractivity contribution in [1.82, 2.24) is 4.90 Å². The summed E-state index contributed by atoms with van der Waals surface area (Å²) in [5.74, 6) is 0. The lowest BCUT2D eigenvalue weighted by atomic mass is 9.98. The van der Waals surface area contributed by atoms with E-state index in [0.717, 1.165) is 0 Å². The van der Waals surface area contributed by atoms with E-state index in [4.69, 9.17) is 5.73 Å². The van der Waals surface area contributed by atoms with Crippen molar-refractivity contribution in [2.75, 3.05) is 13.2 Å². The average Bonchev–Trinajstić information content (AvgIpc) is 2.29. The molecule has 0 aliphatic carbocycles. The largest absolute Gasteiger partial charge is 0.395 e. The first-order valence-electron chi connectivity index (χ1n) is 6.25. The van der Waals surface area contributed by atoms with E-state index >= 15 is 0 Å². The summed E-state index contributed by atoms with van der Waals surface area (Å²) in [6.07, 6.45) is 0. The molecule has 2 unspecified atom stereocenters. The lowest BCUT2D eigenvalue weighted by molar-refractivity contribution is 0.105. The summed E-state index contributed by atoms with van der Waals surface area (Å²) in [5.41, 5.74) is 7.33. The van der Waals surface area contributed by atoms with Crippen molar-refractivity contribution in [3.63, 3.8) is 0 Å². The van der Waals surface area contributed by atoms with Gasteiger partial charge in [-0.3, -0.25) is 4.90 Å². The predicted octanol–water partition coefficient (Wildman–Crippen LogP) is 1.78. The van der Waals surface area contributed by atoms with Gasteiger partial charge in [-0.1, -0.05) is 30.3 Å². The van der Waals surface area contributed by atoms with Gasteiger partial charge in [0.15, 0.2) is 0 Å². The molecule has 0 aliphatic heterocycles. The molecule has 96 valence electrons. The number of aliphatic hydroxyl groups excluding tert-OH is 1. The zero-order chi connectivity index (χ0) is 12.8. The molecule has 3 heteroatoms. The van der Waals surface area contributed by atoms with Crippen LogP contribution in [-0.2, 0) is 0 Å². The molecule has 0 radical (unpaired) electrons. The van der Waals surface area contributed by atoms with Gasteiger partial charge in [0.1, 0.15) is 0 Å². The summed E-state index contributed by atoms with van der Waals surface area (Å²) in [4.78, 5) is 2.25. The molecule has 0 aliphatic rings. The topological polar surface area (TPSA) is 49.5 Å². The fourth-order valence-electron chi connectivity index (χ4n) is 2.28. The Kier molecular flexibility index (Phi) is 5.62. The van der Waals surface area contributed by atoms with Crippen LogP contribution in [0.15, 0.2) is 30.3 Å². The van der Waals surface area contributed by atoms with E-state index in [2.05, 4.69) is 30.9 Å². The number of rotatable bonds is 6. The van der Waals surface area contributed by atoms with E-state index in [9.17, 15) is 5.11 Å². The van der Waals surface area contributed by atoms with Crippen LogP contribution in [0.1, 0.15) is 32.4 Å². The number of nitrogens with zero attached hydrogens (tertiary/aromatic N) is 1. The van der Waals surface area contributed by atoms with E-state index in [1.807, 2.05) is 25.1 Å². The van der Waals surface area contributed by atoms with Crippen molar-refractivity contribution in [2.24, 2.45) is 5.73 Å². The van der Waals surface area contributed by atoms with E-state index in [1.165, 1.54) is 5.56 Å². The summed E-state index contributed by atoms with van der Waals surface area (Å²) >= 11 is 0. The minimum Gasteiger partial charge on any atom is -0.395 e. The summed E-state index contributed by atoms with van der Waals surface area (Å²) in [6.45, 7) is 7.10. The molecular formula is C14H24N2O. The standard InChI is InChI=1S/C14H24N2O/c1-11(2)16(9-10-17)14(12(3)15)13-7-5-4-6-8-13/h4-8,11-12,14,17H,9-10,15H2,1-3H3. The van der Waals surface area contributed by atoms with Gasteiger partial charge in [0.2, 0.25) is 0 Å². The molecule has 0 fully saturated rings. The molecule has 17 heavy (non-hydrogen) atoms. The maximum atomic E-state index is 9.18. The number of aliphatic hydroxyl groups is 1. The Morgan fingerprint density at radius 2 is 1.76 bits per heavy atom. The molecule has 0 saturated heterocycles. The van der Waals surface area contributed by atoms with Crippen molar-refractivity contribution in [3.8, 4) is 0 Å². The van der Waals surface area contributed by atoms with Crippen LogP contribution in [0.4, 0.5) is 0 Å². The summed E-state index contributed by atoms with van der Waals surface area (Å²) < 4.78 is 0. The molecule has 0 amide bonds. The first-order chi connectivity index (χ1) is 8.07. The molecule has 0 heterocycles. The fourth-order valence-corrected chi connectivity index (χ4v) is 2.28. The highest BCUT2D eigenvalue weighted by Crippen LogP contribution is 2.25. The second kappa shape index (κ2) is 6.74. The molecule has 0 aromatic heterocycles. The van der Waals surface area contributed by atoms with Crippen molar-refractivity contribution in [2.45, 2.75) is 38.9 Å². The van der Waals surface area contributed by atoms with Gasteiger partial charge >= 0.3 is 0 Å².